The van der Waals surface area contributed by atoms with Crippen LogP contribution in [-0.2, 0) is 6.18 Å². The Labute approximate surface area is 98.4 Å². The molecule has 1 aromatic carbocycles. The molecular weight excluding hydrogens is 260 g/mol. The van der Waals surface area contributed by atoms with E-state index in [1.807, 2.05) is 0 Å². The van der Waals surface area contributed by atoms with E-state index >= 15 is 0 Å². The van der Waals surface area contributed by atoms with Crippen molar-refractivity contribution in [1.29, 1.82) is 0 Å². The van der Waals surface area contributed by atoms with Gasteiger partial charge in [0.1, 0.15) is 5.82 Å². The largest absolute Gasteiger partial charge is 0.418 e. The molecule has 0 unspecified atom stereocenters. The number of nitrogens with zero attached hydrogens (tertiary/aromatic N) is 2. The molecule has 7 heteroatoms. The van der Waals surface area contributed by atoms with Gasteiger partial charge in [0.05, 0.1) is 16.3 Å². The van der Waals surface area contributed by atoms with E-state index in [-0.39, 0.29) is 10.7 Å². The first-order chi connectivity index (χ1) is 7.89. The van der Waals surface area contributed by atoms with E-state index in [1.165, 1.54) is 18.5 Å². The lowest BCUT2D eigenvalue weighted by atomic mass is 10.1. The lowest BCUT2D eigenvalue weighted by Gasteiger charge is -2.14. The molecule has 0 fully saturated rings. The Bertz CT molecular complexity index is 534. The summed E-state index contributed by atoms with van der Waals surface area (Å²) in [4.78, 5) is 0. The highest BCUT2D eigenvalue weighted by molar-refractivity contribution is 6.32. The number of benzene rings is 1. The minimum Gasteiger partial charge on any atom is -0.239 e. The summed E-state index contributed by atoms with van der Waals surface area (Å²) in [6, 6.07) is 2.65. The van der Waals surface area contributed by atoms with Gasteiger partial charge in [-0.1, -0.05) is 11.6 Å². The van der Waals surface area contributed by atoms with Crippen molar-refractivity contribution >= 4 is 11.6 Å². The first-order valence-electron chi connectivity index (χ1n) is 4.46. The molecule has 0 aliphatic heterocycles. The van der Waals surface area contributed by atoms with E-state index < -0.39 is 17.6 Å². The van der Waals surface area contributed by atoms with Gasteiger partial charge in [0.25, 0.3) is 0 Å². The van der Waals surface area contributed by atoms with Gasteiger partial charge in [-0.15, -0.1) is 0 Å². The molecule has 1 heterocycles. The second-order valence-electron chi connectivity index (χ2n) is 3.23. The zero-order valence-corrected chi connectivity index (χ0v) is 8.93. The van der Waals surface area contributed by atoms with E-state index in [9.17, 15) is 17.6 Å². The quantitative estimate of drug-likeness (QED) is 0.719. The standard InChI is InChI=1S/C10H5ClF4N2/c11-8-5-6(12)4-7(10(13,14)15)9(8)17-3-1-2-16-17/h1-5H. The molecule has 0 spiro atoms. The molecule has 0 saturated heterocycles. The molecule has 1 aromatic heterocycles. The summed E-state index contributed by atoms with van der Waals surface area (Å²) in [6.45, 7) is 0. The van der Waals surface area contributed by atoms with Crippen LogP contribution in [0.25, 0.3) is 5.69 Å². The second kappa shape index (κ2) is 4.03. The lowest BCUT2D eigenvalue weighted by molar-refractivity contribution is -0.137. The Balaban J connectivity index is 2.73. The highest BCUT2D eigenvalue weighted by Gasteiger charge is 2.36. The second-order valence-corrected chi connectivity index (χ2v) is 3.64. The fraction of sp³-hybridized carbons (Fsp3) is 0.100. The summed E-state index contributed by atoms with van der Waals surface area (Å²) < 4.78 is 52.1. The van der Waals surface area contributed by atoms with Crippen LogP contribution in [-0.4, -0.2) is 9.78 Å². The minimum atomic E-state index is -4.70. The van der Waals surface area contributed by atoms with Crippen molar-refractivity contribution in [3.8, 4) is 5.69 Å². The topological polar surface area (TPSA) is 17.8 Å². The Morgan fingerprint density at radius 3 is 2.47 bits per heavy atom. The number of aromatic nitrogens is 2. The molecule has 17 heavy (non-hydrogen) atoms. The smallest absolute Gasteiger partial charge is 0.239 e. The maximum absolute atomic E-state index is 13.0. The maximum atomic E-state index is 13.0. The minimum absolute atomic E-state index is 0.346. The molecule has 0 aliphatic carbocycles. The van der Waals surface area contributed by atoms with Crippen molar-refractivity contribution in [3.05, 3.63) is 47.0 Å². The first-order valence-corrected chi connectivity index (χ1v) is 4.83. The molecule has 0 atom stereocenters. The van der Waals surface area contributed by atoms with Crippen LogP contribution in [0.2, 0.25) is 5.02 Å². The van der Waals surface area contributed by atoms with E-state index in [0.29, 0.717) is 6.07 Å². The predicted molar refractivity (Wildman–Crippen MR) is 53.5 cm³/mol. The van der Waals surface area contributed by atoms with Gasteiger partial charge in [0, 0.05) is 12.4 Å². The van der Waals surface area contributed by atoms with Crippen molar-refractivity contribution in [2.45, 2.75) is 6.18 Å². The fourth-order valence-corrected chi connectivity index (χ4v) is 1.71. The van der Waals surface area contributed by atoms with Crippen LogP contribution < -0.4 is 0 Å². The third-order valence-corrected chi connectivity index (χ3v) is 2.36. The van der Waals surface area contributed by atoms with Crippen LogP contribution in [0.3, 0.4) is 0 Å². The van der Waals surface area contributed by atoms with Crippen molar-refractivity contribution in [2.24, 2.45) is 0 Å². The Kier molecular flexibility index (Phi) is 2.82. The van der Waals surface area contributed by atoms with Gasteiger partial charge in [0.15, 0.2) is 0 Å². The van der Waals surface area contributed by atoms with Crippen LogP contribution in [0.5, 0.6) is 0 Å². The average Bonchev–Trinajstić information content (AvgIpc) is 2.67. The van der Waals surface area contributed by atoms with Gasteiger partial charge < -0.3 is 0 Å². The van der Waals surface area contributed by atoms with E-state index in [1.54, 1.807) is 0 Å². The molecule has 0 bridgehead atoms. The van der Waals surface area contributed by atoms with E-state index in [4.69, 9.17) is 11.6 Å². The molecule has 0 saturated carbocycles. The molecule has 0 aliphatic rings. The average molecular weight is 265 g/mol. The molecule has 2 nitrogen and oxygen atoms in total. The molecule has 90 valence electrons. The highest BCUT2D eigenvalue weighted by Crippen LogP contribution is 2.37. The predicted octanol–water partition coefficient (Wildman–Crippen LogP) is 3.68. The summed E-state index contributed by atoms with van der Waals surface area (Å²) in [6.07, 6.45) is -2.10. The van der Waals surface area contributed by atoms with E-state index in [2.05, 4.69) is 5.10 Å². The van der Waals surface area contributed by atoms with Crippen molar-refractivity contribution in [1.82, 2.24) is 9.78 Å². The van der Waals surface area contributed by atoms with Crippen molar-refractivity contribution in [3.63, 3.8) is 0 Å². The Hall–Kier alpha value is -1.56. The third kappa shape index (κ3) is 2.26. The van der Waals surface area contributed by atoms with Crippen LogP contribution >= 0.6 is 11.6 Å². The molecule has 0 amide bonds. The highest BCUT2D eigenvalue weighted by atomic mass is 35.5. The number of alkyl halides is 3. The van der Waals surface area contributed by atoms with Crippen LogP contribution in [0.4, 0.5) is 17.6 Å². The number of hydrogen-bond acceptors (Lipinski definition) is 1. The summed E-state index contributed by atoms with van der Waals surface area (Å²) in [5.41, 5.74) is -1.54. The zero-order chi connectivity index (χ0) is 12.6. The molecular formula is C10H5ClF4N2. The van der Waals surface area contributed by atoms with Gasteiger partial charge in [0.2, 0.25) is 0 Å². The zero-order valence-electron chi connectivity index (χ0n) is 8.17. The Morgan fingerprint density at radius 1 is 1.24 bits per heavy atom. The van der Waals surface area contributed by atoms with Crippen molar-refractivity contribution < 1.29 is 17.6 Å². The van der Waals surface area contributed by atoms with Gasteiger partial charge in [-0.3, -0.25) is 0 Å². The third-order valence-electron chi connectivity index (χ3n) is 2.07. The lowest BCUT2D eigenvalue weighted by Crippen LogP contribution is -2.12. The molecule has 0 radical (unpaired) electrons. The maximum Gasteiger partial charge on any atom is 0.418 e. The van der Waals surface area contributed by atoms with E-state index in [0.717, 1.165) is 10.7 Å². The van der Waals surface area contributed by atoms with Crippen LogP contribution in [0.15, 0.2) is 30.6 Å². The van der Waals surface area contributed by atoms with Crippen LogP contribution in [0.1, 0.15) is 5.56 Å². The number of rotatable bonds is 1. The Morgan fingerprint density at radius 2 is 1.94 bits per heavy atom. The SMILES string of the molecule is Fc1cc(Cl)c(-n2cccn2)c(C(F)(F)F)c1. The number of halogens is 5. The normalized spacial score (nSPS) is 11.8. The van der Waals surface area contributed by atoms with Gasteiger partial charge in [-0.05, 0) is 18.2 Å². The fourth-order valence-electron chi connectivity index (χ4n) is 1.42. The van der Waals surface area contributed by atoms with Gasteiger partial charge in [-0.2, -0.15) is 18.3 Å². The summed E-state index contributed by atoms with van der Waals surface area (Å²) in [5, 5.41) is 3.31. The summed E-state index contributed by atoms with van der Waals surface area (Å²) in [5.74, 6) is -1.04. The monoisotopic (exact) mass is 264 g/mol. The summed E-state index contributed by atoms with van der Waals surface area (Å²) >= 11 is 5.63. The summed E-state index contributed by atoms with van der Waals surface area (Å²) in [7, 11) is 0. The van der Waals surface area contributed by atoms with Gasteiger partial charge >= 0.3 is 6.18 Å². The molecule has 0 N–H and O–H groups in total. The number of hydrogen-bond donors (Lipinski definition) is 0. The molecule has 2 rings (SSSR count). The first kappa shape index (κ1) is 11.9. The van der Waals surface area contributed by atoms with Crippen molar-refractivity contribution in [2.75, 3.05) is 0 Å². The van der Waals surface area contributed by atoms with Crippen LogP contribution in [0, 0.1) is 5.82 Å². The molecule has 2 aromatic rings. The van der Waals surface area contributed by atoms with Gasteiger partial charge in [-0.25, -0.2) is 9.07 Å².